The number of allylic oxidation sites excluding steroid dienone is 24. The molecule has 1 atom stereocenters. The van der Waals surface area contributed by atoms with Crippen LogP contribution >= 0.6 is 0 Å². The molecule has 0 saturated carbocycles. The van der Waals surface area contributed by atoms with Crippen molar-refractivity contribution in [3.05, 3.63) is 146 Å². The largest absolute Gasteiger partial charge is 0.462 e. The Morgan fingerprint density at radius 2 is 0.513 bits per heavy atom. The van der Waals surface area contributed by atoms with Gasteiger partial charge >= 0.3 is 17.9 Å². The predicted molar refractivity (Wildman–Crippen MR) is 329 cm³/mol. The average molecular weight is 1050 g/mol. The molecule has 428 valence electrons. The molecule has 1 unspecified atom stereocenters. The first-order valence-corrected chi connectivity index (χ1v) is 30.8. The number of esters is 3. The molecule has 0 bridgehead atoms. The van der Waals surface area contributed by atoms with E-state index in [2.05, 4.69) is 167 Å². The first-order chi connectivity index (χ1) is 37.5. The van der Waals surface area contributed by atoms with Crippen LogP contribution in [0.25, 0.3) is 0 Å². The Labute approximate surface area is 467 Å². The zero-order chi connectivity index (χ0) is 55.0. The van der Waals surface area contributed by atoms with Crippen molar-refractivity contribution in [3.8, 4) is 0 Å². The fourth-order valence-electron chi connectivity index (χ4n) is 8.04. The highest BCUT2D eigenvalue weighted by Gasteiger charge is 2.19. The molecule has 76 heavy (non-hydrogen) atoms. The third-order valence-corrected chi connectivity index (χ3v) is 12.6. The van der Waals surface area contributed by atoms with Gasteiger partial charge in [-0.3, -0.25) is 14.4 Å². The van der Waals surface area contributed by atoms with Gasteiger partial charge in [-0.2, -0.15) is 0 Å². The van der Waals surface area contributed by atoms with Gasteiger partial charge in [0.05, 0.1) is 0 Å². The van der Waals surface area contributed by atoms with E-state index in [1.54, 1.807) is 0 Å². The van der Waals surface area contributed by atoms with Gasteiger partial charge in [-0.05, 0) is 122 Å². The third kappa shape index (κ3) is 60.2. The maximum atomic E-state index is 12.9. The molecule has 0 aliphatic rings. The number of carbonyl (C=O) groups is 3. The van der Waals surface area contributed by atoms with E-state index >= 15 is 0 Å². The number of hydrogen-bond acceptors (Lipinski definition) is 6. The first-order valence-electron chi connectivity index (χ1n) is 30.8. The van der Waals surface area contributed by atoms with Crippen molar-refractivity contribution in [2.75, 3.05) is 13.2 Å². The molecule has 0 heterocycles. The number of unbranched alkanes of at least 4 members (excludes halogenated alkanes) is 19. The van der Waals surface area contributed by atoms with Gasteiger partial charge in [-0.15, -0.1) is 0 Å². The second-order valence-electron chi connectivity index (χ2n) is 19.9. The molecule has 0 fully saturated rings. The maximum absolute atomic E-state index is 12.9. The predicted octanol–water partition coefficient (Wildman–Crippen LogP) is 21.2. The summed E-state index contributed by atoms with van der Waals surface area (Å²) in [6.07, 6.45) is 89.9. The highest BCUT2D eigenvalue weighted by atomic mass is 16.6. The molecular formula is C70H112O6. The Morgan fingerprint density at radius 3 is 0.829 bits per heavy atom. The van der Waals surface area contributed by atoms with Crippen LogP contribution in [0.1, 0.15) is 258 Å². The molecule has 0 saturated heterocycles. The quantitative estimate of drug-likeness (QED) is 0.0261. The molecule has 0 aromatic heterocycles. The Hall–Kier alpha value is -4.71. The third-order valence-electron chi connectivity index (χ3n) is 12.6. The summed E-state index contributed by atoms with van der Waals surface area (Å²) in [5.74, 6) is -0.976. The van der Waals surface area contributed by atoms with Crippen LogP contribution in [-0.2, 0) is 28.6 Å². The molecule has 0 aromatic carbocycles. The topological polar surface area (TPSA) is 78.9 Å². The highest BCUT2D eigenvalue weighted by molar-refractivity contribution is 5.71. The summed E-state index contributed by atoms with van der Waals surface area (Å²) in [4.78, 5) is 38.2. The molecule has 6 nitrogen and oxygen atoms in total. The molecule has 0 aliphatic carbocycles. The van der Waals surface area contributed by atoms with Crippen molar-refractivity contribution < 1.29 is 28.6 Å². The minimum atomic E-state index is -0.815. The van der Waals surface area contributed by atoms with Crippen LogP contribution in [0.5, 0.6) is 0 Å². The molecule has 0 spiro atoms. The molecule has 6 heteroatoms. The monoisotopic (exact) mass is 1050 g/mol. The van der Waals surface area contributed by atoms with Crippen LogP contribution in [0, 0.1) is 0 Å². The SMILES string of the molecule is CC/C=C\C/C=C\C/C=C\C/C=C\C/C=C\C/C=C\C/C=C\C/C=C\CCCCCCC(=O)OCC(COC(=O)CCCCCCCCCCCCCCCC)OC(=O)CCCC/C=C\C/C=C\C/C=C\C/C=C\CC. The fraction of sp³-hybridized carbons (Fsp3) is 0.614. The summed E-state index contributed by atoms with van der Waals surface area (Å²) in [5, 5.41) is 0. The lowest BCUT2D eigenvalue weighted by atomic mass is 10.0. The number of ether oxygens (including phenoxy) is 3. The van der Waals surface area contributed by atoms with Crippen molar-refractivity contribution in [2.24, 2.45) is 0 Å². The van der Waals surface area contributed by atoms with Crippen LogP contribution in [0.15, 0.2) is 146 Å². The first kappa shape index (κ1) is 71.3. The normalized spacial score (nSPS) is 13.1. The van der Waals surface area contributed by atoms with Gasteiger partial charge in [0.15, 0.2) is 6.10 Å². The molecule has 0 amide bonds. The van der Waals surface area contributed by atoms with Gasteiger partial charge in [0.1, 0.15) is 13.2 Å². The second kappa shape index (κ2) is 62.8. The van der Waals surface area contributed by atoms with Gasteiger partial charge in [-0.25, -0.2) is 0 Å². The molecule has 0 radical (unpaired) electrons. The molecular weight excluding hydrogens is 937 g/mol. The number of hydrogen-bond donors (Lipinski definition) is 0. The van der Waals surface area contributed by atoms with Crippen molar-refractivity contribution in [1.82, 2.24) is 0 Å². The summed E-state index contributed by atoms with van der Waals surface area (Å²) >= 11 is 0. The van der Waals surface area contributed by atoms with Gasteiger partial charge < -0.3 is 14.2 Å². The Kier molecular flexibility index (Phi) is 58.9. The lowest BCUT2D eigenvalue weighted by molar-refractivity contribution is -0.167. The zero-order valence-corrected chi connectivity index (χ0v) is 49.0. The number of carbonyl (C=O) groups excluding carboxylic acids is 3. The average Bonchev–Trinajstić information content (AvgIpc) is 3.42. The summed E-state index contributed by atoms with van der Waals surface area (Å²) in [6.45, 7) is 6.35. The van der Waals surface area contributed by atoms with Crippen LogP contribution in [0.2, 0.25) is 0 Å². The summed E-state index contributed by atoms with van der Waals surface area (Å²) in [7, 11) is 0. The van der Waals surface area contributed by atoms with Crippen molar-refractivity contribution in [3.63, 3.8) is 0 Å². The van der Waals surface area contributed by atoms with E-state index < -0.39 is 6.10 Å². The highest BCUT2D eigenvalue weighted by Crippen LogP contribution is 2.15. The Morgan fingerprint density at radius 1 is 0.276 bits per heavy atom. The maximum Gasteiger partial charge on any atom is 0.306 e. The molecule has 0 aliphatic heterocycles. The van der Waals surface area contributed by atoms with Crippen LogP contribution in [0.4, 0.5) is 0 Å². The lowest BCUT2D eigenvalue weighted by Crippen LogP contribution is -2.30. The standard InChI is InChI=1S/C70H112O6/c1-4-7-10-13-16-19-22-25-28-29-30-31-32-33-34-35-36-37-38-39-40-41-43-45-48-51-54-57-60-63-69(72)75-66-67(65-74-68(71)62-59-56-53-50-47-44-27-24-21-18-15-12-9-6-3)76-70(73)64-61-58-55-52-49-46-42-26-23-20-17-14-11-8-5-2/h7-8,10-11,16-17,19-20,25-26,28,30-31,33-34,36-37,39-40,42-43,45,49,52,67H,4-6,9,12-15,18,21-24,27,29,32,35,38,41,44,46-48,50-51,53-66H2,1-3H3/b10-7-,11-8-,19-16-,20-17-,28-25-,31-30-,34-33-,37-36-,40-39-,42-26-,45-43-,52-49-. The van der Waals surface area contributed by atoms with E-state index in [1.807, 2.05) is 0 Å². The summed E-state index contributed by atoms with van der Waals surface area (Å²) in [5.41, 5.74) is 0. The van der Waals surface area contributed by atoms with Gasteiger partial charge in [0, 0.05) is 19.3 Å². The smallest absolute Gasteiger partial charge is 0.306 e. The molecule has 0 aromatic rings. The van der Waals surface area contributed by atoms with E-state index in [-0.39, 0.29) is 37.5 Å². The molecule has 0 rings (SSSR count). The number of rotatable bonds is 54. The van der Waals surface area contributed by atoms with Crippen molar-refractivity contribution in [2.45, 2.75) is 264 Å². The van der Waals surface area contributed by atoms with Gasteiger partial charge in [0.25, 0.3) is 0 Å². The van der Waals surface area contributed by atoms with Crippen molar-refractivity contribution >= 4 is 17.9 Å². The van der Waals surface area contributed by atoms with E-state index in [0.29, 0.717) is 19.3 Å². The Bertz CT molecular complexity index is 1680. The molecule has 0 N–H and O–H groups in total. The van der Waals surface area contributed by atoms with Crippen molar-refractivity contribution in [1.29, 1.82) is 0 Å². The van der Waals surface area contributed by atoms with Crippen LogP contribution in [0.3, 0.4) is 0 Å². The fourth-order valence-corrected chi connectivity index (χ4v) is 8.04. The Balaban J connectivity index is 4.43. The van der Waals surface area contributed by atoms with Crippen LogP contribution in [-0.4, -0.2) is 37.2 Å². The van der Waals surface area contributed by atoms with Gasteiger partial charge in [0.2, 0.25) is 0 Å². The minimum absolute atomic E-state index is 0.106. The van der Waals surface area contributed by atoms with E-state index in [4.69, 9.17) is 14.2 Å². The summed E-state index contributed by atoms with van der Waals surface area (Å²) < 4.78 is 16.8. The van der Waals surface area contributed by atoms with E-state index in [1.165, 1.54) is 70.6 Å². The van der Waals surface area contributed by atoms with Gasteiger partial charge in [-0.1, -0.05) is 263 Å². The van der Waals surface area contributed by atoms with Crippen LogP contribution < -0.4 is 0 Å². The zero-order valence-electron chi connectivity index (χ0n) is 49.0. The van der Waals surface area contributed by atoms with E-state index in [0.717, 1.165) is 141 Å². The second-order valence-corrected chi connectivity index (χ2v) is 19.9. The summed E-state index contributed by atoms with van der Waals surface area (Å²) in [6, 6.07) is 0. The lowest BCUT2D eigenvalue weighted by Gasteiger charge is -2.18. The minimum Gasteiger partial charge on any atom is -0.462 e. The van der Waals surface area contributed by atoms with E-state index in [9.17, 15) is 14.4 Å².